The Morgan fingerprint density at radius 1 is 0.775 bits per heavy atom. The fraction of sp³-hybridized carbons (Fsp3) is 0.559. The highest BCUT2D eigenvalue weighted by Gasteiger charge is 2.29. The molecular formula is C34H53N3O3. The van der Waals surface area contributed by atoms with Crippen LogP contribution in [-0.2, 0) is 0 Å². The Hall–Kier alpha value is -2.83. The number of amides is 1. The lowest BCUT2D eigenvalue weighted by atomic mass is 10.1. The van der Waals surface area contributed by atoms with Crippen LogP contribution in [0.2, 0.25) is 0 Å². The van der Waals surface area contributed by atoms with Crippen LogP contribution in [-0.4, -0.2) is 61.4 Å². The van der Waals surface area contributed by atoms with Crippen molar-refractivity contribution in [3.05, 3.63) is 70.4 Å². The number of nitrogens with one attached hydrogen (secondary N) is 1. The predicted octanol–water partition coefficient (Wildman–Crippen LogP) is 7.50. The zero-order chi connectivity index (χ0) is 29.5. The lowest BCUT2D eigenvalue weighted by molar-refractivity contribution is 0.0388. The number of rotatable bonds is 16. The third-order valence-corrected chi connectivity index (χ3v) is 7.02. The summed E-state index contributed by atoms with van der Waals surface area (Å²) >= 11 is 0. The maximum Gasteiger partial charge on any atom is 0.251 e. The summed E-state index contributed by atoms with van der Waals surface area (Å²) in [6, 6.07) is 5.60. The molecule has 0 bridgehead atoms. The van der Waals surface area contributed by atoms with Gasteiger partial charge < -0.3 is 14.8 Å². The largest absolute Gasteiger partial charge is 0.489 e. The molecule has 40 heavy (non-hydrogen) atoms. The van der Waals surface area contributed by atoms with Crippen LogP contribution in [0.25, 0.3) is 0 Å². The molecule has 0 unspecified atom stereocenters. The van der Waals surface area contributed by atoms with Crippen LogP contribution in [0.4, 0.5) is 0 Å². The molecule has 1 saturated heterocycles. The van der Waals surface area contributed by atoms with E-state index < -0.39 is 0 Å². The minimum Gasteiger partial charge on any atom is -0.489 e. The molecule has 0 atom stereocenters. The molecule has 0 aliphatic carbocycles. The lowest BCUT2D eigenvalue weighted by Gasteiger charge is -2.24. The number of ether oxygens (including phenoxy) is 2. The van der Waals surface area contributed by atoms with Crippen molar-refractivity contribution in [2.24, 2.45) is 0 Å². The fourth-order valence-corrected chi connectivity index (χ4v) is 4.63. The number of carbonyl (C=O) groups excluding carboxylic acids is 1. The van der Waals surface area contributed by atoms with Gasteiger partial charge in [-0.2, -0.15) is 0 Å². The van der Waals surface area contributed by atoms with E-state index in [-0.39, 0.29) is 11.9 Å². The summed E-state index contributed by atoms with van der Waals surface area (Å²) in [6.45, 7) is 21.5. The normalized spacial score (nSPS) is 15.2. The summed E-state index contributed by atoms with van der Waals surface area (Å²) in [5, 5.41) is 7.80. The fourth-order valence-electron chi connectivity index (χ4n) is 4.63. The highest BCUT2D eigenvalue weighted by atomic mass is 16.5. The smallest absolute Gasteiger partial charge is 0.251 e. The van der Waals surface area contributed by atoms with Crippen molar-refractivity contribution in [3.8, 4) is 11.5 Å². The van der Waals surface area contributed by atoms with Crippen LogP contribution in [0.1, 0.15) is 91.4 Å². The topological polar surface area (TPSA) is 54.0 Å². The summed E-state index contributed by atoms with van der Waals surface area (Å²) in [5.74, 6) is 1.17. The first-order valence-electron chi connectivity index (χ1n) is 14.9. The van der Waals surface area contributed by atoms with Gasteiger partial charge in [-0.05, 0) is 91.5 Å². The number of hydrazine groups is 1. The second-order valence-corrected chi connectivity index (χ2v) is 11.2. The molecule has 0 radical (unpaired) electrons. The molecule has 1 aliphatic rings. The van der Waals surface area contributed by atoms with Gasteiger partial charge in [0.25, 0.3) is 5.91 Å². The molecule has 1 aliphatic heterocycles. The molecule has 1 fully saturated rings. The summed E-state index contributed by atoms with van der Waals surface area (Å²) in [7, 11) is 0. The maximum absolute atomic E-state index is 13.3. The number of hydrogen-bond donors (Lipinski definition) is 1. The first-order chi connectivity index (χ1) is 19.1. The standard InChI is InChI=1S/C34H53N3O3/c1-9-36-24-31(25-37(36)10-2)35-34(38)30-21-32(39-19-17-28(7)15-11-13-26(3)4)23-33(22-30)40-20-18-29(8)16-12-14-27(5)6/h13-14,17-18,21-23,31H,9-12,15-16,19-20,24-25H2,1-8H3,(H,35,38)/b28-17+,29-18+. The van der Waals surface area contributed by atoms with Gasteiger partial charge in [-0.1, -0.05) is 48.3 Å². The molecule has 0 saturated carbocycles. The van der Waals surface area contributed by atoms with Crippen LogP contribution in [0.5, 0.6) is 11.5 Å². The third kappa shape index (κ3) is 12.6. The Morgan fingerprint density at radius 2 is 1.23 bits per heavy atom. The van der Waals surface area contributed by atoms with E-state index in [1.54, 1.807) is 0 Å². The van der Waals surface area contributed by atoms with Crippen molar-refractivity contribution in [2.75, 3.05) is 39.4 Å². The maximum atomic E-state index is 13.3. The van der Waals surface area contributed by atoms with Crippen molar-refractivity contribution < 1.29 is 14.3 Å². The van der Waals surface area contributed by atoms with Crippen LogP contribution in [0.3, 0.4) is 0 Å². The third-order valence-electron chi connectivity index (χ3n) is 7.02. The molecular weight excluding hydrogens is 498 g/mol. The second-order valence-electron chi connectivity index (χ2n) is 11.2. The van der Waals surface area contributed by atoms with E-state index in [0.717, 1.165) is 51.9 Å². The zero-order valence-electron chi connectivity index (χ0n) is 26.3. The van der Waals surface area contributed by atoms with Gasteiger partial charge in [0.05, 0.1) is 6.04 Å². The van der Waals surface area contributed by atoms with Crippen LogP contribution < -0.4 is 14.8 Å². The van der Waals surface area contributed by atoms with Gasteiger partial charge in [0.15, 0.2) is 0 Å². The Morgan fingerprint density at radius 3 is 1.62 bits per heavy atom. The summed E-state index contributed by atoms with van der Waals surface area (Å²) in [6.07, 6.45) is 12.8. The molecule has 1 aromatic rings. The van der Waals surface area contributed by atoms with E-state index in [1.165, 1.54) is 22.3 Å². The molecule has 6 heteroatoms. The Labute approximate surface area is 243 Å². The first kappa shape index (κ1) is 33.4. The molecule has 1 aromatic carbocycles. The molecule has 222 valence electrons. The Bertz CT molecular complexity index is 990. The van der Waals surface area contributed by atoms with Gasteiger partial charge in [0.1, 0.15) is 24.7 Å². The van der Waals surface area contributed by atoms with Gasteiger partial charge >= 0.3 is 0 Å². The lowest BCUT2D eigenvalue weighted by Crippen LogP contribution is -2.38. The Kier molecular flexibility index (Phi) is 14.8. The molecule has 1 amide bonds. The van der Waals surface area contributed by atoms with Crippen LogP contribution in [0, 0.1) is 0 Å². The average molecular weight is 552 g/mol. The van der Waals surface area contributed by atoms with E-state index in [4.69, 9.17) is 9.47 Å². The zero-order valence-corrected chi connectivity index (χ0v) is 26.3. The average Bonchev–Trinajstić information content (AvgIpc) is 3.30. The summed E-state index contributed by atoms with van der Waals surface area (Å²) in [5.41, 5.74) is 5.82. The van der Waals surface area contributed by atoms with E-state index in [0.29, 0.717) is 30.3 Å². The van der Waals surface area contributed by atoms with Crippen LogP contribution in [0.15, 0.2) is 64.8 Å². The predicted molar refractivity (Wildman–Crippen MR) is 168 cm³/mol. The van der Waals surface area contributed by atoms with Crippen LogP contribution >= 0.6 is 0 Å². The van der Waals surface area contributed by atoms with E-state index in [2.05, 4.69) is 95.0 Å². The number of carbonyl (C=O) groups is 1. The number of hydrogen-bond acceptors (Lipinski definition) is 5. The number of allylic oxidation sites excluding steroid dienone is 6. The minimum atomic E-state index is -0.101. The quantitative estimate of drug-likeness (QED) is 0.216. The number of nitrogens with zero attached hydrogens (tertiary/aromatic N) is 2. The highest BCUT2D eigenvalue weighted by molar-refractivity contribution is 5.95. The number of likely N-dealkylation sites (N-methyl/N-ethyl adjacent to an activating group) is 2. The number of benzene rings is 1. The van der Waals surface area contributed by atoms with Crippen molar-refractivity contribution in [3.63, 3.8) is 0 Å². The summed E-state index contributed by atoms with van der Waals surface area (Å²) in [4.78, 5) is 13.3. The molecule has 6 nitrogen and oxygen atoms in total. The van der Waals surface area contributed by atoms with E-state index in [1.807, 2.05) is 18.2 Å². The highest BCUT2D eigenvalue weighted by Crippen LogP contribution is 2.24. The van der Waals surface area contributed by atoms with Crippen molar-refractivity contribution in [1.29, 1.82) is 0 Å². The van der Waals surface area contributed by atoms with Crippen molar-refractivity contribution in [1.82, 2.24) is 15.3 Å². The van der Waals surface area contributed by atoms with Gasteiger partial charge in [-0.15, -0.1) is 0 Å². The van der Waals surface area contributed by atoms with Gasteiger partial charge in [0.2, 0.25) is 0 Å². The monoisotopic (exact) mass is 551 g/mol. The van der Waals surface area contributed by atoms with Crippen molar-refractivity contribution in [2.45, 2.75) is 87.1 Å². The second kappa shape index (κ2) is 17.8. The molecule has 0 spiro atoms. The molecule has 2 rings (SSSR count). The Balaban J connectivity index is 2.11. The van der Waals surface area contributed by atoms with Gasteiger partial charge in [0, 0.05) is 37.8 Å². The minimum absolute atomic E-state index is 0.0825. The van der Waals surface area contributed by atoms with E-state index in [9.17, 15) is 4.79 Å². The molecule has 1 N–H and O–H groups in total. The molecule has 1 heterocycles. The molecule has 0 aromatic heterocycles. The van der Waals surface area contributed by atoms with E-state index >= 15 is 0 Å². The summed E-state index contributed by atoms with van der Waals surface area (Å²) < 4.78 is 12.2. The van der Waals surface area contributed by atoms with Crippen molar-refractivity contribution >= 4 is 5.91 Å². The SMILES string of the molecule is CCN1CC(NC(=O)c2cc(OC/C=C(\C)CCC=C(C)C)cc(OC/C=C(\C)CCC=C(C)C)c2)CN1CC. The first-order valence-corrected chi connectivity index (χ1v) is 14.9. The van der Waals surface area contributed by atoms with Gasteiger partial charge in [-0.3, -0.25) is 4.79 Å². The van der Waals surface area contributed by atoms with Gasteiger partial charge in [-0.25, -0.2) is 10.0 Å².